The highest BCUT2D eigenvalue weighted by Crippen LogP contribution is 2.15. The molecule has 2 rings (SSSR count). The first kappa shape index (κ1) is 14.5. The molecule has 0 spiro atoms. The molecule has 20 heavy (non-hydrogen) atoms. The smallest absolute Gasteiger partial charge is 0.229 e. The van der Waals surface area contributed by atoms with Crippen molar-refractivity contribution in [3.8, 4) is 0 Å². The molecule has 1 aliphatic heterocycles. The summed E-state index contributed by atoms with van der Waals surface area (Å²) in [6, 6.07) is 7.85. The van der Waals surface area contributed by atoms with Crippen molar-refractivity contribution < 1.29 is 9.59 Å². The summed E-state index contributed by atoms with van der Waals surface area (Å²) in [5.74, 6) is -0.124. The maximum absolute atomic E-state index is 12.1. The van der Waals surface area contributed by atoms with Crippen molar-refractivity contribution in [2.24, 2.45) is 5.92 Å². The summed E-state index contributed by atoms with van der Waals surface area (Å²) in [5, 5.41) is 5.63. The largest absolute Gasteiger partial charge is 0.355 e. The van der Waals surface area contributed by atoms with E-state index in [1.54, 1.807) is 0 Å². The summed E-state index contributed by atoms with van der Waals surface area (Å²) in [4.78, 5) is 25.2. The topological polar surface area (TPSA) is 61.4 Å². The summed E-state index contributed by atoms with van der Waals surface area (Å²) in [6.07, 6.45) is 1.05. The molecule has 108 valence electrons. The lowest BCUT2D eigenvalue weighted by molar-refractivity contribution is -0.126. The Kier molecular flexibility index (Phi) is 4.74. The van der Waals surface area contributed by atoms with E-state index >= 15 is 0 Å². The number of carbonyl (C=O) groups excluding carboxylic acids is 2. The molecule has 0 radical (unpaired) electrons. The van der Waals surface area contributed by atoms with Gasteiger partial charge in [0, 0.05) is 25.2 Å². The van der Waals surface area contributed by atoms with E-state index in [-0.39, 0.29) is 17.7 Å². The Balaban J connectivity index is 1.89. The Hall–Kier alpha value is -1.88. The monoisotopic (exact) mass is 275 g/mol. The van der Waals surface area contributed by atoms with Crippen molar-refractivity contribution >= 4 is 17.5 Å². The molecule has 1 saturated heterocycles. The molecule has 1 atom stereocenters. The van der Waals surface area contributed by atoms with Gasteiger partial charge in [0.1, 0.15) is 0 Å². The molecule has 1 aromatic rings. The lowest BCUT2D eigenvalue weighted by atomic mass is 9.98. The molecule has 1 aliphatic rings. The number of rotatable bonds is 4. The van der Waals surface area contributed by atoms with E-state index in [2.05, 4.69) is 15.5 Å². The Bertz CT molecular complexity index is 472. The standard InChI is InChI=1S/C15H21N3O2/c1-18(2)10-11-3-6-13(7-4-11)17-15(20)12-5-8-14(19)16-9-12/h3-4,6-7,12H,5,8-10H2,1-2H3,(H,16,19)(H,17,20). The normalized spacial score (nSPS) is 18.8. The molecule has 0 bridgehead atoms. The van der Waals surface area contributed by atoms with E-state index in [1.165, 1.54) is 5.56 Å². The van der Waals surface area contributed by atoms with E-state index in [4.69, 9.17) is 0 Å². The van der Waals surface area contributed by atoms with Crippen molar-refractivity contribution in [1.82, 2.24) is 10.2 Å². The minimum absolute atomic E-state index is 0.0228. The van der Waals surface area contributed by atoms with Crippen LogP contribution in [0.4, 0.5) is 5.69 Å². The Morgan fingerprint density at radius 3 is 2.60 bits per heavy atom. The molecule has 5 heteroatoms. The lowest BCUT2D eigenvalue weighted by Gasteiger charge is -2.21. The molecule has 1 unspecified atom stereocenters. The van der Waals surface area contributed by atoms with Crippen LogP contribution in [0.25, 0.3) is 0 Å². The van der Waals surface area contributed by atoms with Crippen molar-refractivity contribution in [3.05, 3.63) is 29.8 Å². The summed E-state index contributed by atoms with van der Waals surface area (Å²) < 4.78 is 0. The predicted octanol–water partition coefficient (Wildman–Crippen LogP) is 1.21. The van der Waals surface area contributed by atoms with Crippen molar-refractivity contribution in [2.75, 3.05) is 26.0 Å². The molecule has 0 saturated carbocycles. The first-order chi connectivity index (χ1) is 9.54. The van der Waals surface area contributed by atoms with Crippen LogP contribution in [0.3, 0.4) is 0 Å². The highest BCUT2D eigenvalue weighted by atomic mass is 16.2. The average molecular weight is 275 g/mol. The summed E-state index contributed by atoms with van der Waals surface area (Å²) in [5.41, 5.74) is 2.01. The first-order valence-electron chi connectivity index (χ1n) is 6.86. The van der Waals surface area contributed by atoms with Crippen LogP contribution in [0.1, 0.15) is 18.4 Å². The number of piperidine rings is 1. The summed E-state index contributed by atoms with van der Waals surface area (Å²) >= 11 is 0. The zero-order valence-electron chi connectivity index (χ0n) is 12.0. The number of nitrogens with one attached hydrogen (secondary N) is 2. The number of hydrogen-bond acceptors (Lipinski definition) is 3. The number of carbonyl (C=O) groups is 2. The van der Waals surface area contributed by atoms with Gasteiger partial charge in [0.05, 0.1) is 5.92 Å². The van der Waals surface area contributed by atoms with Crippen LogP contribution in [0.5, 0.6) is 0 Å². The first-order valence-corrected chi connectivity index (χ1v) is 6.86. The number of hydrogen-bond donors (Lipinski definition) is 2. The molecule has 0 aromatic heterocycles. The third-order valence-electron chi connectivity index (χ3n) is 3.36. The van der Waals surface area contributed by atoms with Crippen LogP contribution in [0.15, 0.2) is 24.3 Å². The Labute approximate surface area is 119 Å². The van der Waals surface area contributed by atoms with Crippen LogP contribution < -0.4 is 10.6 Å². The minimum Gasteiger partial charge on any atom is -0.355 e. The van der Waals surface area contributed by atoms with Crippen LogP contribution in [0, 0.1) is 5.92 Å². The van der Waals surface area contributed by atoms with Gasteiger partial charge < -0.3 is 15.5 Å². The SMILES string of the molecule is CN(C)Cc1ccc(NC(=O)C2CCC(=O)NC2)cc1. The van der Waals surface area contributed by atoms with Gasteiger partial charge in [-0.2, -0.15) is 0 Å². The molecule has 1 fully saturated rings. The van der Waals surface area contributed by atoms with Crippen LogP contribution >= 0.6 is 0 Å². The molecule has 0 aliphatic carbocycles. The fraction of sp³-hybridized carbons (Fsp3) is 0.467. The van der Waals surface area contributed by atoms with E-state index in [1.807, 2.05) is 38.4 Å². The van der Waals surface area contributed by atoms with Gasteiger partial charge in [-0.1, -0.05) is 12.1 Å². The van der Waals surface area contributed by atoms with Crippen LogP contribution in [0.2, 0.25) is 0 Å². The van der Waals surface area contributed by atoms with Gasteiger partial charge in [-0.3, -0.25) is 9.59 Å². The third-order valence-corrected chi connectivity index (χ3v) is 3.36. The van der Waals surface area contributed by atoms with Gasteiger partial charge in [0.2, 0.25) is 11.8 Å². The van der Waals surface area contributed by atoms with Crippen molar-refractivity contribution in [1.29, 1.82) is 0 Å². The molecular formula is C15H21N3O2. The predicted molar refractivity (Wildman–Crippen MR) is 78.2 cm³/mol. The summed E-state index contributed by atoms with van der Waals surface area (Å²) in [7, 11) is 4.04. The van der Waals surface area contributed by atoms with E-state index in [0.29, 0.717) is 19.4 Å². The molecule has 5 nitrogen and oxygen atoms in total. The number of nitrogens with zero attached hydrogens (tertiary/aromatic N) is 1. The van der Waals surface area contributed by atoms with Gasteiger partial charge in [-0.15, -0.1) is 0 Å². The zero-order chi connectivity index (χ0) is 14.5. The third kappa shape index (κ3) is 4.06. The van der Waals surface area contributed by atoms with Crippen LogP contribution in [-0.4, -0.2) is 37.4 Å². The second kappa shape index (κ2) is 6.52. The maximum Gasteiger partial charge on any atom is 0.229 e. The number of amides is 2. The van der Waals surface area contributed by atoms with Gasteiger partial charge in [-0.25, -0.2) is 0 Å². The van der Waals surface area contributed by atoms with Gasteiger partial charge in [-0.05, 0) is 38.2 Å². The van der Waals surface area contributed by atoms with Crippen LogP contribution in [-0.2, 0) is 16.1 Å². The second-order valence-electron chi connectivity index (χ2n) is 5.46. The Morgan fingerprint density at radius 1 is 1.35 bits per heavy atom. The Morgan fingerprint density at radius 2 is 2.05 bits per heavy atom. The van der Waals surface area contributed by atoms with E-state index in [9.17, 15) is 9.59 Å². The maximum atomic E-state index is 12.1. The number of benzene rings is 1. The van der Waals surface area contributed by atoms with Crippen molar-refractivity contribution in [2.45, 2.75) is 19.4 Å². The minimum atomic E-state index is -0.130. The van der Waals surface area contributed by atoms with Crippen molar-refractivity contribution in [3.63, 3.8) is 0 Å². The summed E-state index contributed by atoms with van der Waals surface area (Å²) in [6.45, 7) is 1.31. The highest BCUT2D eigenvalue weighted by molar-refractivity contribution is 5.94. The average Bonchev–Trinajstić information content (AvgIpc) is 2.41. The fourth-order valence-corrected chi connectivity index (χ4v) is 2.26. The van der Waals surface area contributed by atoms with E-state index < -0.39 is 0 Å². The van der Waals surface area contributed by atoms with Gasteiger partial charge in [0.15, 0.2) is 0 Å². The molecule has 2 amide bonds. The highest BCUT2D eigenvalue weighted by Gasteiger charge is 2.24. The molecule has 2 N–H and O–H groups in total. The molecular weight excluding hydrogens is 254 g/mol. The van der Waals surface area contributed by atoms with Gasteiger partial charge >= 0.3 is 0 Å². The molecule has 1 aromatic carbocycles. The second-order valence-corrected chi connectivity index (χ2v) is 5.46. The fourth-order valence-electron chi connectivity index (χ4n) is 2.26. The quantitative estimate of drug-likeness (QED) is 0.868. The van der Waals surface area contributed by atoms with Gasteiger partial charge in [0.25, 0.3) is 0 Å². The van der Waals surface area contributed by atoms with E-state index in [0.717, 1.165) is 12.2 Å². The zero-order valence-corrected chi connectivity index (χ0v) is 12.0. The number of anilines is 1. The molecule has 1 heterocycles. The lowest BCUT2D eigenvalue weighted by Crippen LogP contribution is -2.40.